The Morgan fingerprint density at radius 1 is 1.35 bits per heavy atom. The van der Waals surface area contributed by atoms with E-state index in [0.29, 0.717) is 6.54 Å². The summed E-state index contributed by atoms with van der Waals surface area (Å²) in [5, 5.41) is 19.2. The molecule has 0 radical (unpaired) electrons. The molecule has 10 heteroatoms. The molecule has 0 saturated heterocycles. The number of amides is 2. The summed E-state index contributed by atoms with van der Waals surface area (Å²) in [4.78, 5) is 34.6. The summed E-state index contributed by atoms with van der Waals surface area (Å²) in [6.07, 6.45) is 3.87. The van der Waals surface area contributed by atoms with Crippen LogP contribution in [0.4, 0.5) is 5.69 Å². The summed E-state index contributed by atoms with van der Waals surface area (Å²) in [6.45, 7) is 3.64. The first-order valence-corrected chi connectivity index (χ1v) is 6.79. The smallest absolute Gasteiger partial charge is 0.328 e. The van der Waals surface area contributed by atoms with Crippen LogP contribution in [-0.4, -0.2) is 42.5 Å². The molecule has 1 unspecified atom stereocenters. The Hall–Kier alpha value is -3.17. The summed E-state index contributed by atoms with van der Waals surface area (Å²) in [5.74, 6) is -2.33. The number of rotatable bonds is 6. The van der Waals surface area contributed by atoms with E-state index in [1.54, 1.807) is 6.92 Å². The van der Waals surface area contributed by atoms with Gasteiger partial charge in [0.05, 0.1) is 23.6 Å². The average molecular weight is 320 g/mol. The Morgan fingerprint density at radius 3 is 2.61 bits per heavy atom. The molecule has 0 aliphatic heterocycles. The van der Waals surface area contributed by atoms with E-state index in [1.165, 1.54) is 30.2 Å². The van der Waals surface area contributed by atoms with Gasteiger partial charge in [-0.1, -0.05) is 0 Å². The average Bonchev–Trinajstić information content (AvgIpc) is 3.12. The fraction of sp³-hybridized carbons (Fsp3) is 0.308. The van der Waals surface area contributed by atoms with Crippen LogP contribution in [0.3, 0.4) is 0 Å². The maximum atomic E-state index is 12.2. The second-order valence-electron chi connectivity index (χ2n) is 4.76. The van der Waals surface area contributed by atoms with Crippen molar-refractivity contribution in [3.63, 3.8) is 0 Å². The van der Waals surface area contributed by atoms with Gasteiger partial charge in [-0.2, -0.15) is 10.2 Å². The van der Waals surface area contributed by atoms with Crippen LogP contribution in [0.2, 0.25) is 0 Å². The van der Waals surface area contributed by atoms with Gasteiger partial charge in [0.15, 0.2) is 0 Å². The van der Waals surface area contributed by atoms with Crippen molar-refractivity contribution in [3.05, 3.63) is 29.8 Å². The Bertz CT molecular complexity index is 762. The third-order valence-corrected chi connectivity index (χ3v) is 3.24. The van der Waals surface area contributed by atoms with Crippen molar-refractivity contribution in [2.24, 2.45) is 5.73 Å². The number of carboxylic acid groups (broad SMARTS) is 1. The van der Waals surface area contributed by atoms with E-state index in [4.69, 9.17) is 10.8 Å². The molecule has 2 amide bonds. The van der Waals surface area contributed by atoms with E-state index in [2.05, 4.69) is 15.5 Å². The number of hydrogen-bond donors (Lipinski definition) is 3. The minimum atomic E-state index is -1.07. The molecule has 0 saturated carbocycles. The molecule has 0 aromatic carbocycles. The van der Waals surface area contributed by atoms with Gasteiger partial charge in [-0.05, 0) is 13.8 Å². The zero-order chi connectivity index (χ0) is 17.1. The third-order valence-electron chi connectivity index (χ3n) is 3.24. The van der Waals surface area contributed by atoms with E-state index in [-0.39, 0.29) is 16.9 Å². The fourth-order valence-corrected chi connectivity index (χ4v) is 1.95. The van der Waals surface area contributed by atoms with Crippen molar-refractivity contribution in [2.45, 2.75) is 26.4 Å². The highest BCUT2D eigenvalue weighted by atomic mass is 16.4. The molecule has 0 aliphatic carbocycles. The number of aryl methyl sites for hydroxylation is 1. The number of aliphatic carboxylic acids is 1. The Kier molecular flexibility index (Phi) is 4.44. The summed E-state index contributed by atoms with van der Waals surface area (Å²) < 4.78 is 2.52. The second kappa shape index (κ2) is 6.30. The highest BCUT2D eigenvalue weighted by Gasteiger charge is 2.20. The Morgan fingerprint density at radius 2 is 2.04 bits per heavy atom. The summed E-state index contributed by atoms with van der Waals surface area (Å²) >= 11 is 0. The number of nitrogens with zero attached hydrogens (tertiary/aromatic N) is 4. The van der Waals surface area contributed by atoms with E-state index in [1.807, 2.05) is 0 Å². The summed E-state index contributed by atoms with van der Waals surface area (Å²) in [6, 6.07) is -0.902. The maximum absolute atomic E-state index is 12.2. The van der Waals surface area contributed by atoms with Crippen molar-refractivity contribution in [1.82, 2.24) is 19.6 Å². The van der Waals surface area contributed by atoms with Crippen LogP contribution in [0.15, 0.2) is 18.6 Å². The molecular weight excluding hydrogens is 304 g/mol. The van der Waals surface area contributed by atoms with Crippen LogP contribution in [-0.2, 0) is 11.3 Å². The molecule has 2 heterocycles. The SMILES string of the molecule is CCn1ncc(NC(=O)c2cnn(C(C)C(=O)O)c2)c1C(N)=O. The topological polar surface area (TPSA) is 145 Å². The van der Waals surface area contributed by atoms with Crippen molar-refractivity contribution in [1.29, 1.82) is 0 Å². The number of anilines is 1. The van der Waals surface area contributed by atoms with E-state index >= 15 is 0 Å². The number of carbonyl (C=O) groups is 3. The molecular formula is C13H16N6O4. The number of aromatic nitrogens is 4. The second-order valence-corrected chi connectivity index (χ2v) is 4.76. The summed E-state index contributed by atoms with van der Waals surface area (Å²) in [7, 11) is 0. The molecule has 0 aliphatic rings. The first kappa shape index (κ1) is 16.2. The largest absolute Gasteiger partial charge is 0.480 e. The standard InChI is InChI=1S/C13H16N6O4/c1-3-18-10(11(14)20)9(5-16-18)17-12(21)8-4-15-19(6-8)7(2)13(22)23/h4-7H,3H2,1-2H3,(H2,14,20)(H,17,21)(H,22,23). The van der Waals surface area contributed by atoms with Gasteiger partial charge in [0.1, 0.15) is 11.7 Å². The van der Waals surface area contributed by atoms with Crippen LogP contribution >= 0.6 is 0 Å². The zero-order valence-electron chi connectivity index (χ0n) is 12.6. The van der Waals surface area contributed by atoms with Crippen molar-refractivity contribution in [2.75, 3.05) is 5.32 Å². The van der Waals surface area contributed by atoms with Gasteiger partial charge in [-0.15, -0.1) is 0 Å². The van der Waals surface area contributed by atoms with Crippen LogP contribution in [0.25, 0.3) is 0 Å². The van der Waals surface area contributed by atoms with Crippen molar-refractivity contribution in [3.8, 4) is 0 Å². The highest BCUT2D eigenvalue weighted by molar-refractivity contribution is 6.07. The molecule has 4 N–H and O–H groups in total. The lowest BCUT2D eigenvalue weighted by molar-refractivity contribution is -0.140. The fourth-order valence-electron chi connectivity index (χ4n) is 1.95. The molecule has 0 fully saturated rings. The van der Waals surface area contributed by atoms with Crippen LogP contribution < -0.4 is 11.1 Å². The minimum Gasteiger partial charge on any atom is -0.480 e. The van der Waals surface area contributed by atoms with E-state index in [9.17, 15) is 14.4 Å². The lowest BCUT2D eigenvalue weighted by Gasteiger charge is -2.06. The number of carboxylic acids is 1. The minimum absolute atomic E-state index is 0.0899. The molecule has 122 valence electrons. The lowest BCUT2D eigenvalue weighted by atomic mass is 10.3. The third kappa shape index (κ3) is 3.20. The van der Waals surface area contributed by atoms with Gasteiger partial charge in [-0.3, -0.25) is 19.0 Å². The molecule has 0 spiro atoms. The molecule has 2 rings (SSSR count). The molecule has 1 atom stereocenters. The van der Waals surface area contributed by atoms with Gasteiger partial charge in [0, 0.05) is 12.7 Å². The van der Waals surface area contributed by atoms with Gasteiger partial charge < -0.3 is 16.2 Å². The predicted octanol–water partition coefficient (Wildman–Crippen LogP) is 0.0963. The summed E-state index contributed by atoms with van der Waals surface area (Å²) in [5.41, 5.74) is 5.72. The molecule has 0 bridgehead atoms. The van der Waals surface area contributed by atoms with Crippen LogP contribution in [0.1, 0.15) is 40.7 Å². The van der Waals surface area contributed by atoms with E-state index < -0.39 is 23.8 Å². The van der Waals surface area contributed by atoms with Crippen molar-refractivity contribution >= 4 is 23.5 Å². The molecule has 2 aromatic rings. The van der Waals surface area contributed by atoms with Crippen LogP contribution in [0, 0.1) is 0 Å². The van der Waals surface area contributed by atoms with Gasteiger partial charge in [0.2, 0.25) is 0 Å². The monoisotopic (exact) mass is 320 g/mol. The van der Waals surface area contributed by atoms with Gasteiger partial charge in [0.25, 0.3) is 11.8 Å². The normalized spacial score (nSPS) is 11.9. The first-order chi connectivity index (χ1) is 10.8. The number of primary amides is 1. The molecule has 2 aromatic heterocycles. The predicted molar refractivity (Wildman–Crippen MR) is 78.9 cm³/mol. The highest BCUT2D eigenvalue weighted by Crippen LogP contribution is 2.16. The Labute approximate surface area is 130 Å². The maximum Gasteiger partial charge on any atom is 0.328 e. The number of carbonyl (C=O) groups excluding carboxylic acids is 2. The first-order valence-electron chi connectivity index (χ1n) is 6.79. The number of nitrogens with one attached hydrogen (secondary N) is 1. The van der Waals surface area contributed by atoms with Crippen molar-refractivity contribution < 1.29 is 19.5 Å². The lowest BCUT2D eigenvalue weighted by Crippen LogP contribution is -2.21. The Balaban J connectivity index is 2.22. The number of hydrogen-bond acceptors (Lipinski definition) is 5. The van der Waals surface area contributed by atoms with Gasteiger partial charge in [-0.25, -0.2) is 4.79 Å². The quantitative estimate of drug-likeness (QED) is 0.688. The molecule has 10 nitrogen and oxygen atoms in total. The molecule has 23 heavy (non-hydrogen) atoms. The number of nitrogens with two attached hydrogens (primary N) is 1. The zero-order valence-corrected chi connectivity index (χ0v) is 12.6. The van der Waals surface area contributed by atoms with E-state index in [0.717, 1.165) is 4.68 Å². The van der Waals surface area contributed by atoms with Gasteiger partial charge >= 0.3 is 5.97 Å². The van der Waals surface area contributed by atoms with Crippen LogP contribution in [0.5, 0.6) is 0 Å².